The molecule has 0 aromatic carbocycles. The van der Waals surface area contributed by atoms with Gasteiger partial charge in [0.2, 0.25) is 0 Å². The molecule has 0 fully saturated rings. The van der Waals surface area contributed by atoms with Crippen molar-refractivity contribution in [3.8, 4) is 5.82 Å². The van der Waals surface area contributed by atoms with Crippen LogP contribution in [0, 0.1) is 0 Å². The molecule has 23 heavy (non-hydrogen) atoms. The van der Waals surface area contributed by atoms with E-state index < -0.39 is 0 Å². The van der Waals surface area contributed by atoms with Crippen LogP contribution in [-0.2, 0) is 18.4 Å². The smallest absolute Gasteiger partial charge is 0.401 e. The van der Waals surface area contributed by atoms with E-state index in [1.54, 1.807) is 16.2 Å². The zero-order valence-corrected chi connectivity index (χ0v) is 13.8. The molecule has 7 nitrogen and oxygen atoms in total. The van der Waals surface area contributed by atoms with Gasteiger partial charge in [-0.1, -0.05) is 6.92 Å². The first-order valence-corrected chi connectivity index (χ1v) is 7.60. The van der Waals surface area contributed by atoms with Crippen LogP contribution in [0.4, 0.5) is 0 Å². The van der Waals surface area contributed by atoms with Gasteiger partial charge in [-0.15, -0.1) is 6.61 Å². The number of nitrogens with zero attached hydrogens (tertiary/aromatic N) is 5. The molecule has 0 atom stereocenters. The Morgan fingerprint density at radius 1 is 1.30 bits per heavy atom. The Morgan fingerprint density at radius 3 is 2.57 bits per heavy atom. The fourth-order valence-corrected chi connectivity index (χ4v) is 2.39. The topological polar surface area (TPSA) is 69.1 Å². The van der Waals surface area contributed by atoms with Gasteiger partial charge in [0.05, 0.1) is 12.1 Å². The van der Waals surface area contributed by atoms with Gasteiger partial charge < -0.3 is 9.67 Å². The van der Waals surface area contributed by atoms with E-state index in [2.05, 4.69) is 5.10 Å². The Hall–Kier alpha value is -2.25. The lowest BCUT2D eigenvalue weighted by Gasteiger charge is -2.15. The second-order valence-electron chi connectivity index (χ2n) is 5.43. The second-order valence-corrected chi connectivity index (χ2v) is 5.43. The van der Waals surface area contributed by atoms with Crippen LogP contribution in [0.1, 0.15) is 12.5 Å². The average molecular weight is 317 g/mol. The summed E-state index contributed by atoms with van der Waals surface area (Å²) in [5.74, 6) is 0.999. The summed E-state index contributed by atoms with van der Waals surface area (Å²) < 4.78 is 5.53. The van der Waals surface area contributed by atoms with Crippen molar-refractivity contribution < 1.29 is 14.5 Å². The largest absolute Gasteiger partial charge is 0.855 e. The molecule has 1 amide bonds. The summed E-state index contributed by atoms with van der Waals surface area (Å²) in [4.78, 5) is 14.0. The fraction of sp³-hybridized carbons (Fsp3) is 0.438. The van der Waals surface area contributed by atoms with Crippen LogP contribution >= 0.6 is 0 Å². The molecule has 0 aliphatic carbocycles. The number of amides is 1. The van der Waals surface area contributed by atoms with Gasteiger partial charge in [0, 0.05) is 25.6 Å². The lowest BCUT2D eigenvalue weighted by Crippen LogP contribution is -2.41. The first kappa shape index (κ1) is 17.1. The van der Waals surface area contributed by atoms with Crippen molar-refractivity contribution in [2.45, 2.75) is 13.5 Å². The zero-order chi connectivity index (χ0) is 16.8. The van der Waals surface area contributed by atoms with E-state index in [1.165, 1.54) is 0 Å². The third-order valence-electron chi connectivity index (χ3n) is 3.41. The van der Waals surface area contributed by atoms with Gasteiger partial charge in [-0.2, -0.15) is 9.67 Å². The second kappa shape index (κ2) is 7.85. The first-order valence-electron chi connectivity index (χ1n) is 7.60. The maximum absolute atomic E-state index is 12.0. The third kappa shape index (κ3) is 4.37. The van der Waals surface area contributed by atoms with Gasteiger partial charge in [0.1, 0.15) is 6.54 Å². The number of hydrogen-bond donors (Lipinski definition) is 0. The molecule has 0 radical (unpaired) electrons. The van der Waals surface area contributed by atoms with E-state index in [9.17, 15) is 4.79 Å². The summed E-state index contributed by atoms with van der Waals surface area (Å²) in [6.07, 6.45) is 7.83. The van der Waals surface area contributed by atoms with Crippen molar-refractivity contribution in [1.82, 2.24) is 19.2 Å². The molecule has 0 saturated heterocycles. The SMILES string of the molecule is CC[O-].CN1CC=[N+](Cc2cn(C)nc2-n2cccc2)C(=O)C1. The van der Waals surface area contributed by atoms with Gasteiger partial charge in [-0.25, -0.2) is 4.79 Å². The van der Waals surface area contributed by atoms with Crippen molar-refractivity contribution in [1.29, 1.82) is 0 Å². The van der Waals surface area contributed by atoms with Crippen molar-refractivity contribution in [3.05, 3.63) is 36.3 Å². The fourth-order valence-electron chi connectivity index (χ4n) is 2.39. The number of aromatic nitrogens is 3. The van der Waals surface area contributed by atoms with Crippen molar-refractivity contribution in [3.63, 3.8) is 0 Å². The lowest BCUT2D eigenvalue weighted by molar-refractivity contribution is -0.465. The lowest BCUT2D eigenvalue weighted by atomic mass is 10.3. The van der Waals surface area contributed by atoms with Crippen LogP contribution in [0.5, 0.6) is 0 Å². The van der Waals surface area contributed by atoms with Crippen molar-refractivity contribution in [2.75, 3.05) is 26.7 Å². The highest BCUT2D eigenvalue weighted by molar-refractivity contribution is 5.77. The Labute approximate surface area is 136 Å². The Morgan fingerprint density at radius 2 is 1.96 bits per heavy atom. The zero-order valence-electron chi connectivity index (χ0n) is 13.8. The monoisotopic (exact) mass is 317 g/mol. The number of carbonyl (C=O) groups excluding carboxylic acids is 1. The number of likely N-dealkylation sites (N-methyl/N-ethyl adjacent to an activating group) is 1. The van der Waals surface area contributed by atoms with Gasteiger partial charge in [-0.3, -0.25) is 9.58 Å². The predicted octanol–water partition coefficient (Wildman–Crippen LogP) is -0.367. The quantitative estimate of drug-likeness (QED) is 0.725. The highest BCUT2D eigenvalue weighted by atomic mass is 16.2. The number of aryl methyl sites for hydroxylation is 1. The highest BCUT2D eigenvalue weighted by Crippen LogP contribution is 2.14. The predicted molar refractivity (Wildman–Crippen MR) is 85.6 cm³/mol. The molecule has 2 aromatic rings. The van der Waals surface area contributed by atoms with E-state index in [4.69, 9.17) is 5.11 Å². The van der Waals surface area contributed by atoms with Gasteiger partial charge in [0.15, 0.2) is 18.6 Å². The standard InChI is InChI=1S/C14H18N5O.C2H5O/c1-16-7-8-19(13(20)11-16)10-12-9-17(2)15-14(12)18-5-3-4-6-18;1-2-3/h3-6,8-9H,7,10-11H2,1-2H3;2H2,1H3/q+1;-1. The maximum atomic E-state index is 12.0. The van der Waals surface area contributed by atoms with Crippen LogP contribution < -0.4 is 5.11 Å². The van der Waals surface area contributed by atoms with Crippen LogP contribution in [0.2, 0.25) is 0 Å². The highest BCUT2D eigenvalue weighted by Gasteiger charge is 2.26. The van der Waals surface area contributed by atoms with E-state index >= 15 is 0 Å². The third-order valence-corrected chi connectivity index (χ3v) is 3.41. The number of rotatable bonds is 3. The minimum absolute atomic E-state index is 0. The summed E-state index contributed by atoms with van der Waals surface area (Å²) in [5, 5.41) is 13.4. The van der Waals surface area contributed by atoms with Crippen molar-refractivity contribution >= 4 is 12.1 Å². The van der Waals surface area contributed by atoms with Crippen molar-refractivity contribution in [2.24, 2.45) is 7.05 Å². The van der Waals surface area contributed by atoms with Crippen LogP contribution in [0.25, 0.3) is 5.82 Å². The molecule has 0 bridgehead atoms. The van der Waals surface area contributed by atoms with E-state index in [0.29, 0.717) is 13.1 Å². The molecule has 0 spiro atoms. The maximum Gasteiger partial charge on any atom is 0.401 e. The minimum atomic E-state index is 0. The molecule has 3 heterocycles. The minimum Gasteiger partial charge on any atom is -0.855 e. The number of carbonyl (C=O) groups is 1. The summed E-state index contributed by atoms with van der Waals surface area (Å²) in [6, 6.07) is 3.93. The van der Waals surface area contributed by atoms with Crippen LogP contribution in [0.15, 0.2) is 30.7 Å². The molecule has 1 aliphatic heterocycles. The summed E-state index contributed by atoms with van der Waals surface area (Å²) in [6.45, 7) is 3.40. The Bertz CT molecular complexity index is 673. The molecule has 7 heteroatoms. The molecule has 1 aliphatic rings. The van der Waals surface area contributed by atoms with Crippen LogP contribution in [-0.4, -0.2) is 62.7 Å². The average Bonchev–Trinajstić information content (AvgIpc) is 3.12. The van der Waals surface area contributed by atoms with Gasteiger partial charge in [0.25, 0.3) is 0 Å². The molecule has 124 valence electrons. The summed E-state index contributed by atoms with van der Waals surface area (Å²) in [5.41, 5.74) is 1.04. The first-order chi connectivity index (χ1) is 11.0. The Kier molecular flexibility index (Phi) is 5.84. The number of hydrogen-bond acceptors (Lipinski definition) is 4. The van der Waals surface area contributed by atoms with Gasteiger partial charge in [-0.05, 0) is 19.2 Å². The molecule has 2 aromatic heterocycles. The van der Waals surface area contributed by atoms with E-state index in [1.807, 2.05) is 60.5 Å². The molecular formula is C16H23N5O2. The molecular weight excluding hydrogens is 294 g/mol. The van der Waals surface area contributed by atoms with E-state index in [-0.39, 0.29) is 12.5 Å². The molecule has 0 saturated carbocycles. The summed E-state index contributed by atoms with van der Waals surface area (Å²) >= 11 is 0. The summed E-state index contributed by atoms with van der Waals surface area (Å²) in [7, 11) is 3.84. The Balaban J connectivity index is 0.000000595. The van der Waals surface area contributed by atoms with Gasteiger partial charge >= 0.3 is 5.91 Å². The van der Waals surface area contributed by atoms with Crippen LogP contribution in [0.3, 0.4) is 0 Å². The van der Waals surface area contributed by atoms with E-state index in [0.717, 1.165) is 17.9 Å². The molecule has 0 unspecified atom stereocenters. The molecule has 0 N–H and O–H groups in total. The molecule has 3 rings (SSSR count). The normalized spacial score (nSPS) is 15.1.